The minimum Gasteiger partial charge on any atom is -0.469 e. The summed E-state index contributed by atoms with van der Waals surface area (Å²) in [6.45, 7) is 0. The highest BCUT2D eigenvalue weighted by atomic mass is 16.5. The highest BCUT2D eigenvalue weighted by Gasteiger charge is 2.43. The van der Waals surface area contributed by atoms with Crippen LogP contribution in [0.15, 0.2) is 30.3 Å². The number of aliphatic hydroxyl groups is 1. The first kappa shape index (κ1) is 12.1. The van der Waals surface area contributed by atoms with Gasteiger partial charge in [-0.2, -0.15) is 0 Å². The van der Waals surface area contributed by atoms with Gasteiger partial charge in [0.15, 0.2) is 0 Å². The quantitative estimate of drug-likeness (QED) is 0.813. The lowest BCUT2D eigenvalue weighted by Gasteiger charge is -2.29. The first-order valence-corrected chi connectivity index (χ1v) is 5.87. The molecule has 2 atom stereocenters. The van der Waals surface area contributed by atoms with Crippen LogP contribution >= 0.6 is 0 Å². The van der Waals surface area contributed by atoms with E-state index in [1.807, 2.05) is 30.3 Å². The zero-order valence-corrected chi connectivity index (χ0v) is 9.93. The van der Waals surface area contributed by atoms with Crippen LogP contribution in [0.5, 0.6) is 0 Å². The Kier molecular flexibility index (Phi) is 3.48. The maximum atomic E-state index is 11.3. The summed E-state index contributed by atoms with van der Waals surface area (Å²) in [7, 11) is 1.36. The van der Waals surface area contributed by atoms with E-state index < -0.39 is 5.60 Å². The first-order chi connectivity index (χ1) is 8.16. The van der Waals surface area contributed by atoms with Gasteiger partial charge in [0.05, 0.1) is 19.1 Å². The van der Waals surface area contributed by atoms with Crippen molar-refractivity contribution in [3.05, 3.63) is 42.3 Å². The highest BCUT2D eigenvalue weighted by molar-refractivity contribution is 5.79. The molecule has 0 unspecified atom stereocenters. The van der Waals surface area contributed by atoms with Gasteiger partial charge >= 0.3 is 5.97 Å². The van der Waals surface area contributed by atoms with E-state index in [2.05, 4.69) is 4.74 Å². The lowest BCUT2D eigenvalue weighted by atomic mass is 9.82. The second kappa shape index (κ2) is 4.88. The minimum absolute atomic E-state index is 0.155. The second-order valence-corrected chi connectivity index (χ2v) is 4.48. The molecule has 1 aromatic rings. The molecule has 0 aliphatic heterocycles. The Morgan fingerprint density at radius 1 is 1.47 bits per heavy atom. The molecule has 91 valence electrons. The summed E-state index contributed by atoms with van der Waals surface area (Å²) in [6.07, 6.45) is 3.93. The van der Waals surface area contributed by atoms with Gasteiger partial charge in [-0.1, -0.05) is 30.3 Å². The monoisotopic (exact) mass is 233 g/mol. The van der Waals surface area contributed by atoms with E-state index >= 15 is 0 Å². The number of carbonyl (C=O) groups excluding carboxylic acids is 1. The molecule has 0 saturated heterocycles. The average molecular weight is 233 g/mol. The molecule has 1 fully saturated rings. The van der Waals surface area contributed by atoms with Crippen molar-refractivity contribution in [3.8, 4) is 0 Å². The van der Waals surface area contributed by atoms with Gasteiger partial charge in [0.25, 0.3) is 0 Å². The molecule has 1 N–H and O–H groups in total. The van der Waals surface area contributed by atoms with Gasteiger partial charge < -0.3 is 9.84 Å². The second-order valence-electron chi connectivity index (χ2n) is 4.48. The van der Waals surface area contributed by atoms with Crippen molar-refractivity contribution < 1.29 is 14.6 Å². The maximum absolute atomic E-state index is 11.3. The molecule has 1 radical (unpaired) electrons. The van der Waals surface area contributed by atoms with Crippen LogP contribution in [0.1, 0.15) is 24.8 Å². The zero-order valence-electron chi connectivity index (χ0n) is 9.93. The molecule has 0 aromatic heterocycles. The molecule has 1 aliphatic carbocycles. The molecule has 1 aromatic carbocycles. The van der Waals surface area contributed by atoms with E-state index in [1.54, 1.807) is 0 Å². The van der Waals surface area contributed by atoms with Crippen LogP contribution in [-0.4, -0.2) is 18.2 Å². The highest BCUT2D eigenvalue weighted by Crippen LogP contribution is 2.44. The van der Waals surface area contributed by atoms with Crippen molar-refractivity contribution in [1.82, 2.24) is 0 Å². The van der Waals surface area contributed by atoms with Crippen molar-refractivity contribution in [2.75, 3.05) is 7.11 Å². The lowest BCUT2D eigenvalue weighted by Crippen LogP contribution is -2.32. The van der Waals surface area contributed by atoms with Crippen molar-refractivity contribution in [3.63, 3.8) is 0 Å². The molecule has 1 aliphatic rings. The Bertz CT molecular complexity index is 388. The number of carbonyl (C=O) groups is 1. The topological polar surface area (TPSA) is 46.5 Å². The van der Waals surface area contributed by atoms with Gasteiger partial charge in [0, 0.05) is 5.92 Å². The molecule has 0 bridgehead atoms. The molecule has 0 amide bonds. The fourth-order valence-electron chi connectivity index (χ4n) is 2.55. The smallest absolute Gasteiger partial charge is 0.309 e. The molecule has 17 heavy (non-hydrogen) atoms. The standard InChI is InChI=1S/C14H17O3/c1-17-13(15)10-12-8-5-9-14(12,16)11-6-3-2-4-7-11/h2-4,6-7,10,12,16H,5,8-9H2,1H3/t12-,14+/m0/s1. The van der Waals surface area contributed by atoms with Gasteiger partial charge in [-0.3, -0.25) is 4.79 Å². The van der Waals surface area contributed by atoms with Crippen LogP contribution in [-0.2, 0) is 15.1 Å². The van der Waals surface area contributed by atoms with Gasteiger partial charge in [-0.05, 0) is 24.8 Å². The average Bonchev–Trinajstić information content (AvgIpc) is 2.73. The van der Waals surface area contributed by atoms with E-state index in [1.165, 1.54) is 13.5 Å². The van der Waals surface area contributed by atoms with Crippen molar-refractivity contribution in [2.24, 2.45) is 5.92 Å². The number of ether oxygens (including phenoxy) is 1. The fraction of sp³-hybridized carbons (Fsp3) is 0.429. The molecule has 3 nitrogen and oxygen atoms in total. The predicted octanol–water partition coefficient (Wildman–Crippen LogP) is 2.05. The Morgan fingerprint density at radius 2 is 2.18 bits per heavy atom. The number of rotatable bonds is 3. The summed E-state index contributed by atoms with van der Waals surface area (Å²) in [5.41, 5.74) is -0.0437. The Labute approximate surface area is 101 Å². The van der Waals surface area contributed by atoms with Gasteiger partial charge in [0.1, 0.15) is 0 Å². The van der Waals surface area contributed by atoms with Gasteiger partial charge in [0.2, 0.25) is 0 Å². The summed E-state index contributed by atoms with van der Waals surface area (Å²) in [5.74, 6) is -0.524. The number of benzene rings is 1. The maximum Gasteiger partial charge on any atom is 0.309 e. The van der Waals surface area contributed by atoms with E-state index in [0.29, 0.717) is 6.42 Å². The Hall–Kier alpha value is -1.35. The number of hydrogen-bond donors (Lipinski definition) is 1. The van der Waals surface area contributed by atoms with E-state index in [9.17, 15) is 9.90 Å². The van der Waals surface area contributed by atoms with Crippen LogP contribution < -0.4 is 0 Å². The van der Waals surface area contributed by atoms with E-state index in [4.69, 9.17) is 0 Å². The summed E-state index contributed by atoms with van der Waals surface area (Å²) >= 11 is 0. The van der Waals surface area contributed by atoms with Crippen LogP contribution in [0, 0.1) is 12.3 Å². The molecular formula is C14H17O3. The summed E-state index contributed by atoms with van der Waals surface area (Å²) in [6, 6.07) is 9.54. The summed E-state index contributed by atoms with van der Waals surface area (Å²) in [4.78, 5) is 11.3. The number of esters is 1. The third-order valence-electron chi connectivity index (χ3n) is 3.50. The number of hydrogen-bond acceptors (Lipinski definition) is 3. The first-order valence-electron chi connectivity index (χ1n) is 5.87. The Balaban J connectivity index is 2.20. The molecular weight excluding hydrogens is 216 g/mol. The van der Waals surface area contributed by atoms with Crippen LogP contribution in [0.4, 0.5) is 0 Å². The molecule has 3 heteroatoms. The molecule has 0 spiro atoms. The SMILES string of the molecule is COC(=O)[CH][C@@H]1CCC[C@@]1(O)c1ccccc1. The zero-order chi connectivity index (χ0) is 12.3. The largest absolute Gasteiger partial charge is 0.469 e. The minimum atomic E-state index is -0.921. The number of methoxy groups -OCH3 is 1. The van der Waals surface area contributed by atoms with Crippen LogP contribution in [0.2, 0.25) is 0 Å². The van der Waals surface area contributed by atoms with Crippen LogP contribution in [0.25, 0.3) is 0 Å². The molecule has 0 heterocycles. The lowest BCUT2D eigenvalue weighted by molar-refractivity contribution is -0.138. The summed E-state index contributed by atoms with van der Waals surface area (Å²) < 4.78 is 4.64. The molecule has 2 rings (SSSR count). The van der Waals surface area contributed by atoms with E-state index in [-0.39, 0.29) is 11.9 Å². The normalized spacial score (nSPS) is 28.0. The van der Waals surface area contributed by atoms with Gasteiger partial charge in [-0.15, -0.1) is 0 Å². The van der Waals surface area contributed by atoms with Crippen molar-refractivity contribution in [1.29, 1.82) is 0 Å². The fourth-order valence-corrected chi connectivity index (χ4v) is 2.55. The van der Waals surface area contributed by atoms with Gasteiger partial charge in [-0.25, -0.2) is 0 Å². The van der Waals surface area contributed by atoms with Crippen molar-refractivity contribution in [2.45, 2.75) is 24.9 Å². The van der Waals surface area contributed by atoms with Crippen molar-refractivity contribution >= 4 is 5.97 Å². The third kappa shape index (κ3) is 2.34. The van der Waals surface area contributed by atoms with E-state index in [0.717, 1.165) is 18.4 Å². The van der Waals surface area contributed by atoms with Crippen LogP contribution in [0.3, 0.4) is 0 Å². The molecule has 1 saturated carbocycles. The summed E-state index contributed by atoms with van der Waals surface area (Å²) in [5, 5.41) is 10.7. The predicted molar refractivity (Wildman–Crippen MR) is 64.0 cm³/mol. The Morgan fingerprint density at radius 3 is 2.82 bits per heavy atom. The third-order valence-corrected chi connectivity index (χ3v) is 3.50.